The number of hydrogen-bond acceptors (Lipinski definition) is 1. The molecular weight excluding hydrogens is 234 g/mol. The topological polar surface area (TPSA) is 14.2 Å². The third kappa shape index (κ3) is 1.81. The Morgan fingerprint density at radius 1 is 1.18 bits per heavy atom. The Labute approximate surface area is 108 Å². The fraction of sp³-hybridized carbons (Fsp3) is 0.429. The van der Waals surface area contributed by atoms with E-state index in [-0.39, 0.29) is 12.4 Å². The summed E-state index contributed by atoms with van der Waals surface area (Å²) in [6, 6.07) is 6.40. The molecule has 2 aromatic rings. The van der Waals surface area contributed by atoms with Crippen molar-refractivity contribution in [1.82, 2.24) is 4.57 Å². The largest absolute Gasteiger partial charge is 0.497 e. The number of aromatic nitrogens is 1. The molecule has 3 rings (SSSR count). The molecule has 0 saturated heterocycles. The summed E-state index contributed by atoms with van der Waals surface area (Å²) >= 11 is 0. The molecule has 0 aliphatic heterocycles. The number of ether oxygens (including phenoxy) is 1. The molecule has 17 heavy (non-hydrogen) atoms. The molecule has 2 nitrogen and oxygen atoms in total. The van der Waals surface area contributed by atoms with Gasteiger partial charge in [-0.1, -0.05) is 0 Å². The molecular formula is C14H18ClNO. The van der Waals surface area contributed by atoms with Crippen LogP contribution in [0.2, 0.25) is 0 Å². The Balaban J connectivity index is 0.00000108. The lowest BCUT2D eigenvalue weighted by Crippen LogP contribution is -2.04. The van der Waals surface area contributed by atoms with E-state index in [9.17, 15) is 0 Å². The summed E-state index contributed by atoms with van der Waals surface area (Å²) in [6.07, 6.45) is 5.10. The summed E-state index contributed by atoms with van der Waals surface area (Å²) < 4.78 is 7.66. The SMILES string of the molecule is COc1ccc2c(c1)c1c(n2C)CCCC1.Cl. The number of methoxy groups -OCH3 is 1. The third-order valence-corrected chi connectivity index (χ3v) is 3.73. The average molecular weight is 252 g/mol. The highest BCUT2D eigenvalue weighted by molar-refractivity contribution is 5.87. The molecule has 0 saturated carbocycles. The van der Waals surface area contributed by atoms with Crippen molar-refractivity contribution in [2.24, 2.45) is 7.05 Å². The molecule has 0 radical (unpaired) electrons. The first-order valence-electron chi connectivity index (χ1n) is 5.95. The molecule has 1 aromatic heterocycles. The van der Waals surface area contributed by atoms with Gasteiger partial charge < -0.3 is 9.30 Å². The van der Waals surface area contributed by atoms with Gasteiger partial charge in [-0.05, 0) is 49.4 Å². The number of nitrogens with zero attached hydrogens (tertiary/aromatic N) is 1. The lowest BCUT2D eigenvalue weighted by atomic mass is 9.95. The third-order valence-electron chi connectivity index (χ3n) is 3.73. The number of aryl methyl sites for hydroxylation is 2. The van der Waals surface area contributed by atoms with Crippen molar-refractivity contribution >= 4 is 23.3 Å². The van der Waals surface area contributed by atoms with Crippen molar-refractivity contribution in [3.8, 4) is 5.75 Å². The molecule has 92 valence electrons. The fourth-order valence-corrected chi connectivity index (χ4v) is 2.87. The number of fused-ring (bicyclic) bond motifs is 3. The maximum absolute atomic E-state index is 5.31. The van der Waals surface area contributed by atoms with E-state index in [1.54, 1.807) is 12.7 Å². The van der Waals surface area contributed by atoms with E-state index in [1.807, 2.05) is 6.07 Å². The minimum absolute atomic E-state index is 0. The number of rotatable bonds is 1. The molecule has 3 heteroatoms. The Morgan fingerprint density at radius 2 is 1.94 bits per heavy atom. The highest BCUT2D eigenvalue weighted by atomic mass is 35.5. The zero-order valence-electron chi connectivity index (χ0n) is 10.3. The number of halogens is 1. The van der Waals surface area contributed by atoms with E-state index in [2.05, 4.69) is 23.7 Å². The maximum Gasteiger partial charge on any atom is 0.119 e. The second-order valence-electron chi connectivity index (χ2n) is 4.57. The van der Waals surface area contributed by atoms with E-state index in [4.69, 9.17) is 4.74 Å². The first-order valence-corrected chi connectivity index (χ1v) is 5.95. The van der Waals surface area contributed by atoms with Crippen molar-refractivity contribution in [3.63, 3.8) is 0 Å². The second kappa shape index (κ2) is 4.61. The van der Waals surface area contributed by atoms with Gasteiger partial charge in [0, 0.05) is 23.6 Å². The van der Waals surface area contributed by atoms with Gasteiger partial charge in [-0.25, -0.2) is 0 Å². The number of benzene rings is 1. The van der Waals surface area contributed by atoms with Crippen LogP contribution in [0.3, 0.4) is 0 Å². The van der Waals surface area contributed by atoms with E-state index < -0.39 is 0 Å². The molecule has 0 atom stereocenters. The van der Waals surface area contributed by atoms with E-state index in [1.165, 1.54) is 42.3 Å². The Kier molecular flexibility index (Phi) is 3.34. The van der Waals surface area contributed by atoms with E-state index in [0.717, 1.165) is 5.75 Å². The molecule has 0 unspecified atom stereocenters. The van der Waals surface area contributed by atoms with Crippen LogP contribution in [-0.4, -0.2) is 11.7 Å². The van der Waals surface area contributed by atoms with Crippen LogP contribution in [0.1, 0.15) is 24.1 Å². The van der Waals surface area contributed by atoms with Crippen molar-refractivity contribution in [2.45, 2.75) is 25.7 Å². The first kappa shape index (κ1) is 12.3. The Hall–Kier alpha value is -1.15. The van der Waals surface area contributed by atoms with Gasteiger partial charge in [0.1, 0.15) is 5.75 Å². The maximum atomic E-state index is 5.31. The zero-order valence-corrected chi connectivity index (χ0v) is 11.1. The molecule has 0 bridgehead atoms. The van der Waals surface area contributed by atoms with Gasteiger partial charge in [0.15, 0.2) is 0 Å². The second-order valence-corrected chi connectivity index (χ2v) is 4.57. The summed E-state index contributed by atoms with van der Waals surface area (Å²) in [5.41, 5.74) is 4.41. The summed E-state index contributed by atoms with van der Waals surface area (Å²) in [5, 5.41) is 1.39. The molecule has 0 spiro atoms. The van der Waals surface area contributed by atoms with Gasteiger partial charge in [0.2, 0.25) is 0 Å². The van der Waals surface area contributed by atoms with Crippen LogP contribution >= 0.6 is 12.4 Å². The summed E-state index contributed by atoms with van der Waals surface area (Å²) in [7, 11) is 3.91. The van der Waals surface area contributed by atoms with Crippen molar-refractivity contribution in [3.05, 3.63) is 29.5 Å². The monoisotopic (exact) mass is 251 g/mol. The smallest absolute Gasteiger partial charge is 0.119 e. The minimum atomic E-state index is 0. The molecule has 1 aliphatic carbocycles. The van der Waals surface area contributed by atoms with Crippen LogP contribution < -0.4 is 4.74 Å². The van der Waals surface area contributed by atoms with E-state index >= 15 is 0 Å². The molecule has 0 amide bonds. The van der Waals surface area contributed by atoms with Gasteiger partial charge in [0.05, 0.1) is 7.11 Å². The molecule has 1 aromatic carbocycles. The standard InChI is InChI=1S/C14H17NO.ClH/c1-15-13-6-4-3-5-11(13)12-9-10(16-2)7-8-14(12)15;/h7-9H,3-6H2,1-2H3;1H. The van der Waals surface area contributed by atoms with Crippen LogP contribution in [0, 0.1) is 0 Å². The molecule has 1 heterocycles. The van der Waals surface area contributed by atoms with Gasteiger partial charge in [-0.15, -0.1) is 12.4 Å². The number of hydrogen-bond donors (Lipinski definition) is 0. The molecule has 0 N–H and O–H groups in total. The Bertz CT molecular complexity index is 545. The predicted molar refractivity (Wildman–Crippen MR) is 73.4 cm³/mol. The summed E-state index contributed by atoms with van der Waals surface area (Å²) in [5.74, 6) is 0.964. The predicted octanol–water partition coefficient (Wildman–Crippen LogP) is 3.49. The summed E-state index contributed by atoms with van der Waals surface area (Å²) in [6.45, 7) is 0. The van der Waals surface area contributed by atoms with Gasteiger partial charge >= 0.3 is 0 Å². The average Bonchev–Trinajstić information content (AvgIpc) is 2.64. The van der Waals surface area contributed by atoms with Gasteiger partial charge in [0.25, 0.3) is 0 Å². The highest BCUT2D eigenvalue weighted by Crippen LogP contribution is 2.33. The van der Waals surface area contributed by atoms with Crippen LogP contribution in [-0.2, 0) is 19.9 Å². The lowest BCUT2D eigenvalue weighted by Gasteiger charge is -2.12. The first-order chi connectivity index (χ1) is 7.81. The molecule has 1 aliphatic rings. The van der Waals surface area contributed by atoms with Crippen molar-refractivity contribution < 1.29 is 4.74 Å². The zero-order chi connectivity index (χ0) is 11.1. The van der Waals surface area contributed by atoms with Gasteiger partial charge in [-0.2, -0.15) is 0 Å². The van der Waals surface area contributed by atoms with Crippen LogP contribution in [0.15, 0.2) is 18.2 Å². The van der Waals surface area contributed by atoms with Crippen molar-refractivity contribution in [2.75, 3.05) is 7.11 Å². The molecule has 0 fully saturated rings. The quantitative estimate of drug-likeness (QED) is 0.757. The summed E-state index contributed by atoms with van der Waals surface area (Å²) in [4.78, 5) is 0. The van der Waals surface area contributed by atoms with E-state index in [0.29, 0.717) is 0 Å². The van der Waals surface area contributed by atoms with Crippen LogP contribution in [0.5, 0.6) is 5.75 Å². The van der Waals surface area contributed by atoms with Crippen LogP contribution in [0.4, 0.5) is 0 Å². The lowest BCUT2D eigenvalue weighted by molar-refractivity contribution is 0.415. The minimum Gasteiger partial charge on any atom is -0.497 e. The van der Waals surface area contributed by atoms with Gasteiger partial charge in [-0.3, -0.25) is 0 Å². The van der Waals surface area contributed by atoms with Crippen molar-refractivity contribution in [1.29, 1.82) is 0 Å². The highest BCUT2D eigenvalue weighted by Gasteiger charge is 2.18. The Morgan fingerprint density at radius 3 is 2.71 bits per heavy atom. The fourth-order valence-electron chi connectivity index (χ4n) is 2.87. The van der Waals surface area contributed by atoms with Crippen LogP contribution in [0.25, 0.3) is 10.9 Å². The normalized spacial score (nSPS) is 14.2.